The predicted molar refractivity (Wildman–Crippen MR) is 66.7 cm³/mol. The lowest BCUT2D eigenvalue weighted by atomic mass is 10.0. The number of halogens is 1. The average Bonchev–Trinajstić information content (AvgIpc) is 2.83. The number of alkyl halides is 1. The molecule has 0 spiro atoms. The maximum atomic E-state index is 6.33. The molecule has 84 valence electrons. The minimum Gasteiger partial charge on any atom is -0.281 e. The number of aryl methyl sites for hydroxylation is 1. The van der Waals surface area contributed by atoms with E-state index in [1.807, 2.05) is 6.07 Å². The second-order valence-electron chi connectivity index (χ2n) is 3.87. The van der Waals surface area contributed by atoms with Gasteiger partial charge in [-0.25, -0.2) is 0 Å². The van der Waals surface area contributed by atoms with Crippen molar-refractivity contribution in [2.24, 2.45) is 0 Å². The van der Waals surface area contributed by atoms with Crippen LogP contribution in [0.25, 0.3) is 0 Å². The van der Waals surface area contributed by atoms with Crippen molar-refractivity contribution in [2.45, 2.75) is 25.1 Å². The van der Waals surface area contributed by atoms with E-state index < -0.39 is 0 Å². The molecule has 1 N–H and O–H groups in total. The molecule has 1 unspecified atom stereocenters. The van der Waals surface area contributed by atoms with Gasteiger partial charge in [0.2, 0.25) is 0 Å². The summed E-state index contributed by atoms with van der Waals surface area (Å²) in [7, 11) is 0. The van der Waals surface area contributed by atoms with E-state index in [1.54, 1.807) is 6.20 Å². The van der Waals surface area contributed by atoms with Gasteiger partial charge in [0.05, 0.1) is 5.69 Å². The molecular weight excluding hydrogens is 220 g/mol. The zero-order valence-corrected chi connectivity index (χ0v) is 10.0. The van der Waals surface area contributed by atoms with Crippen molar-refractivity contribution in [1.82, 2.24) is 10.2 Å². The van der Waals surface area contributed by atoms with Gasteiger partial charge in [0.25, 0.3) is 0 Å². The number of nitrogens with zero attached hydrogens (tertiary/aromatic N) is 1. The third kappa shape index (κ3) is 2.45. The zero-order chi connectivity index (χ0) is 11.4. The van der Waals surface area contributed by atoms with Gasteiger partial charge in [-0.3, -0.25) is 5.10 Å². The molecule has 0 fully saturated rings. The molecule has 0 radical (unpaired) electrons. The van der Waals surface area contributed by atoms with Crippen LogP contribution in [0.5, 0.6) is 0 Å². The van der Waals surface area contributed by atoms with Gasteiger partial charge < -0.3 is 0 Å². The van der Waals surface area contributed by atoms with Crippen LogP contribution in [0.2, 0.25) is 0 Å². The SMILES string of the molecule is CCCc1ccc(C(Cl)c2ccn[nH]2)cc1. The van der Waals surface area contributed by atoms with Crippen molar-refractivity contribution in [2.75, 3.05) is 0 Å². The van der Waals surface area contributed by atoms with Crippen molar-refractivity contribution in [3.8, 4) is 0 Å². The van der Waals surface area contributed by atoms with Gasteiger partial charge in [-0.15, -0.1) is 11.6 Å². The second kappa shape index (κ2) is 5.17. The van der Waals surface area contributed by atoms with Crippen LogP contribution in [0.1, 0.15) is 35.5 Å². The third-order valence-corrected chi connectivity index (χ3v) is 3.09. The Hall–Kier alpha value is -1.28. The summed E-state index contributed by atoms with van der Waals surface area (Å²) >= 11 is 6.33. The summed E-state index contributed by atoms with van der Waals surface area (Å²) in [6.45, 7) is 2.18. The molecule has 1 heterocycles. The Labute approximate surface area is 101 Å². The molecule has 2 rings (SSSR count). The van der Waals surface area contributed by atoms with Gasteiger partial charge in [0.1, 0.15) is 5.38 Å². The van der Waals surface area contributed by atoms with Crippen LogP contribution in [0.15, 0.2) is 36.5 Å². The highest BCUT2D eigenvalue weighted by atomic mass is 35.5. The van der Waals surface area contributed by atoms with Crippen LogP contribution in [0, 0.1) is 0 Å². The first-order valence-electron chi connectivity index (χ1n) is 5.53. The van der Waals surface area contributed by atoms with Crippen molar-refractivity contribution >= 4 is 11.6 Å². The Morgan fingerprint density at radius 1 is 1.25 bits per heavy atom. The van der Waals surface area contributed by atoms with Crippen molar-refractivity contribution in [3.05, 3.63) is 53.3 Å². The number of H-pyrrole nitrogens is 1. The second-order valence-corrected chi connectivity index (χ2v) is 4.30. The molecule has 2 aromatic rings. The maximum absolute atomic E-state index is 6.33. The molecule has 0 bridgehead atoms. The fourth-order valence-corrected chi connectivity index (χ4v) is 2.00. The number of aromatic amines is 1. The average molecular weight is 235 g/mol. The Morgan fingerprint density at radius 3 is 2.56 bits per heavy atom. The molecule has 0 amide bonds. The van der Waals surface area contributed by atoms with Crippen LogP contribution in [-0.4, -0.2) is 10.2 Å². The van der Waals surface area contributed by atoms with E-state index in [0.29, 0.717) is 0 Å². The highest BCUT2D eigenvalue weighted by molar-refractivity contribution is 6.22. The molecular formula is C13H15ClN2. The first-order chi connectivity index (χ1) is 7.81. The maximum Gasteiger partial charge on any atom is 0.100 e. The largest absolute Gasteiger partial charge is 0.281 e. The van der Waals surface area contributed by atoms with E-state index in [1.165, 1.54) is 12.0 Å². The molecule has 0 aliphatic rings. The fourth-order valence-electron chi connectivity index (χ4n) is 1.73. The van der Waals surface area contributed by atoms with Crippen LogP contribution >= 0.6 is 11.6 Å². The summed E-state index contributed by atoms with van der Waals surface area (Å²) in [6, 6.07) is 10.4. The Morgan fingerprint density at radius 2 is 2.00 bits per heavy atom. The standard InChI is InChI=1S/C13H15ClN2/c1-2-3-10-4-6-11(7-5-10)13(14)12-8-9-15-16-12/h4-9,13H,2-3H2,1H3,(H,15,16). The van der Waals surface area contributed by atoms with Gasteiger partial charge in [0, 0.05) is 6.20 Å². The zero-order valence-electron chi connectivity index (χ0n) is 9.28. The fraction of sp³-hybridized carbons (Fsp3) is 0.308. The molecule has 1 aromatic heterocycles. The summed E-state index contributed by atoms with van der Waals surface area (Å²) in [5, 5.41) is 6.66. The van der Waals surface area contributed by atoms with E-state index in [9.17, 15) is 0 Å². The normalized spacial score (nSPS) is 12.6. The van der Waals surface area contributed by atoms with E-state index >= 15 is 0 Å². The number of hydrogen-bond acceptors (Lipinski definition) is 1. The molecule has 0 aliphatic heterocycles. The molecule has 1 aromatic carbocycles. The molecule has 0 aliphatic carbocycles. The minimum absolute atomic E-state index is 0.141. The van der Waals surface area contributed by atoms with Gasteiger partial charge in [-0.2, -0.15) is 5.10 Å². The van der Waals surface area contributed by atoms with Crippen molar-refractivity contribution in [1.29, 1.82) is 0 Å². The summed E-state index contributed by atoms with van der Waals surface area (Å²) in [5.41, 5.74) is 3.40. The van der Waals surface area contributed by atoms with E-state index in [4.69, 9.17) is 11.6 Å². The van der Waals surface area contributed by atoms with Crippen LogP contribution in [0.4, 0.5) is 0 Å². The predicted octanol–water partition coefficient (Wildman–Crippen LogP) is 3.69. The highest BCUT2D eigenvalue weighted by Crippen LogP contribution is 2.27. The first-order valence-corrected chi connectivity index (χ1v) is 5.97. The number of benzene rings is 1. The smallest absolute Gasteiger partial charge is 0.100 e. The Bertz CT molecular complexity index is 420. The summed E-state index contributed by atoms with van der Waals surface area (Å²) in [4.78, 5) is 0. The number of hydrogen-bond donors (Lipinski definition) is 1. The molecule has 0 saturated heterocycles. The van der Waals surface area contributed by atoms with Gasteiger partial charge in [-0.05, 0) is 23.6 Å². The van der Waals surface area contributed by atoms with Crippen LogP contribution < -0.4 is 0 Å². The van der Waals surface area contributed by atoms with E-state index in [0.717, 1.165) is 17.7 Å². The molecule has 16 heavy (non-hydrogen) atoms. The van der Waals surface area contributed by atoms with E-state index in [2.05, 4.69) is 41.4 Å². The first kappa shape index (κ1) is 11.2. The summed E-state index contributed by atoms with van der Waals surface area (Å²) in [5.74, 6) is 0. The summed E-state index contributed by atoms with van der Waals surface area (Å²) < 4.78 is 0. The van der Waals surface area contributed by atoms with Crippen LogP contribution in [-0.2, 0) is 6.42 Å². The topological polar surface area (TPSA) is 28.7 Å². The van der Waals surface area contributed by atoms with E-state index in [-0.39, 0.29) is 5.38 Å². The third-order valence-electron chi connectivity index (χ3n) is 2.61. The van der Waals surface area contributed by atoms with Crippen molar-refractivity contribution in [3.63, 3.8) is 0 Å². The molecule has 1 atom stereocenters. The van der Waals surface area contributed by atoms with Gasteiger partial charge >= 0.3 is 0 Å². The minimum atomic E-state index is -0.141. The number of aromatic nitrogens is 2. The number of nitrogens with one attached hydrogen (secondary N) is 1. The lowest BCUT2D eigenvalue weighted by Crippen LogP contribution is -1.94. The molecule has 0 saturated carbocycles. The number of rotatable bonds is 4. The van der Waals surface area contributed by atoms with Crippen LogP contribution in [0.3, 0.4) is 0 Å². The lowest BCUT2D eigenvalue weighted by molar-refractivity contribution is 0.918. The highest BCUT2D eigenvalue weighted by Gasteiger charge is 2.11. The summed E-state index contributed by atoms with van der Waals surface area (Å²) in [6.07, 6.45) is 4.01. The monoisotopic (exact) mass is 234 g/mol. The Kier molecular flexibility index (Phi) is 3.62. The van der Waals surface area contributed by atoms with Gasteiger partial charge in [-0.1, -0.05) is 37.6 Å². The molecule has 2 nitrogen and oxygen atoms in total. The van der Waals surface area contributed by atoms with Gasteiger partial charge in [0.15, 0.2) is 0 Å². The molecule has 3 heteroatoms. The van der Waals surface area contributed by atoms with Crippen molar-refractivity contribution < 1.29 is 0 Å². The quantitative estimate of drug-likeness (QED) is 0.804. The Balaban J connectivity index is 2.15. The lowest BCUT2D eigenvalue weighted by Gasteiger charge is -2.08.